The van der Waals surface area contributed by atoms with Crippen molar-refractivity contribution in [2.75, 3.05) is 0 Å². The molecule has 6 aromatic carbocycles. The maximum atomic E-state index is 4.82. The predicted octanol–water partition coefficient (Wildman–Crippen LogP) is 19.4. The van der Waals surface area contributed by atoms with Crippen LogP contribution >= 0.6 is 15.9 Å². The Morgan fingerprint density at radius 3 is 1.01 bits per heavy atom. The lowest BCUT2D eigenvalue weighted by molar-refractivity contribution is 0.353. The summed E-state index contributed by atoms with van der Waals surface area (Å²) in [6.07, 6.45) is 8.98. The first kappa shape index (κ1) is 49.8. The molecule has 73 heavy (non-hydrogen) atoms. The SMILES string of the molecule is CC(C)(C)c1ccnc(-c2ccc(-c3ccccc3C3CC(c4ccccc4-c4ccc(-c5cc(C(C)(C)C)ccn5)cc4)CC(c4ccccc4-c4ccc(-c5cc(C(C)(C)C)ccn5)cc4Br)C3)cc2)c1. The molecule has 3 aromatic heterocycles. The van der Waals surface area contributed by atoms with Crippen LogP contribution in [0, 0.1) is 0 Å². The van der Waals surface area contributed by atoms with Crippen LogP contribution in [0.2, 0.25) is 0 Å². The Morgan fingerprint density at radius 2 is 0.644 bits per heavy atom. The monoisotopic (exact) mass is 1020 g/mol. The smallest absolute Gasteiger partial charge is 0.0705 e. The van der Waals surface area contributed by atoms with Gasteiger partial charge in [0.15, 0.2) is 0 Å². The minimum atomic E-state index is 0.0352. The van der Waals surface area contributed by atoms with E-state index in [9.17, 15) is 0 Å². The highest BCUT2D eigenvalue weighted by Gasteiger charge is 2.35. The lowest BCUT2D eigenvalue weighted by Crippen LogP contribution is -2.21. The Hall–Kier alpha value is -6.75. The average molecular weight is 1020 g/mol. The zero-order valence-corrected chi connectivity index (χ0v) is 45.6. The molecule has 0 saturated heterocycles. The van der Waals surface area contributed by atoms with Crippen molar-refractivity contribution in [2.24, 2.45) is 0 Å². The van der Waals surface area contributed by atoms with Crippen LogP contribution < -0.4 is 0 Å². The number of hydrogen-bond donors (Lipinski definition) is 0. The Labute approximate surface area is 443 Å². The molecule has 1 fully saturated rings. The summed E-state index contributed by atoms with van der Waals surface area (Å²) in [6.45, 7) is 20.3. The Balaban J connectivity index is 1.04. The van der Waals surface area contributed by atoms with Crippen LogP contribution in [-0.4, -0.2) is 15.0 Å². The molecule has 1 saturated carbocycles. The second-order valence-corrected chi connectivity index (χ2v) is 24.3. The largest absolute Gasteiger partial charge is 0.256 e. The van der Waals surface area contributed by atoms with Gasteiger partial charge in [-0.25, -0.2) is 0 Å². The Morgan fingerprint density at radius 1 is 0.329 bits per heavy atom. The van der Waals surface area contributed by atoms with Gasteiger partial charge in [0, 0.05) is 39.8 Å². The second kappa shape index (κ2) is 20.3. The molecular formula is C69H68BrN3. The summed E-state index contributed by atoms with van der Waals surface area (Å²) in [4.78, 5) is 14.4. The van der Waals surface area contributed by atoms with Crippen LogP contribution in [0.15, 0.2) is 199 Å². The Bertz CT molecular complexity index is 3250. The molecular weight excluding hydrogens is 951 g/mol. The second-order valence-electron chi connectivity index (χ2n) is 23.4. The Kier molecular flexibility index (Phi) is 13.8. The van der Waals surface area contributed by atoms with Crippen molar-refractivity contribution >= 4 is 15.9 Å². The highest BCUT2D eigenvalue weighted by atomic mass is 79.9. The molecule has 2 atom stereocenters. The molecule has 3 nitrogen and oxygen atoms in total. The van der Waals surface area contributed by atoms with E-state index in [1.807, 2.05) is 18.6 Å². The number of halogens is 1. The quantitative estimate of drug-likeness (QED) is 0.145. The van der Waals surface area contributed by atoms with E-state index in [1.165, 1.54) is 66.8 Å². The molecule has 1 aliphatic rings. The summed E-state index contributed by atoms with van der Waals surface area (Å²) >= 11 is 4.09. The topological polar surface area (TPSA) is 38.7 Å². The third kappa shape index (κ3) is 10.8. The van der Waals surface area contributed by atoms with Gasteiger partial charge < -0.3 is 0 Å². The average Bonchev–Trinajstić information content (AvgIpc) is 3.40. The van der Waals surface area contributed by atoms with E-state index in [2.05, 4.69) is 254 Å². The molecule has 0 bridgehead atoms. The molecule has 2 unspecified atom stereocenters. The summed E-state index contributed by atoms with van der Waals surface area (Å²) in [5.74, 6) is 0.910. The highest BCUT2D eigenvalue weighted by Crippen LogP contribution is 2.53. The third-order valence-electron chi connectivity index (χ3n) is 15.3. The summed E-state index contributed by atoms with van der Waals surface area (Å²) in [5.41, 5.74) is 22.2. The maximum Gasteiger partial charge on any atom is 0.0705 e. The van der Waals surface area contributed by atoms with Crippen LogP contribution in [0.5, 0.6) is 0 Å². The fourth-order valence-corrected chi connectivity index (χ4v) is 11.7. The standard InChI is InChI=1S/C69H68BrN3/c1-67(2,3)53-32-35-71-64(42-53)47-26-22-45(23-27-47)56-16-10-12-18-58(56)50-38-51(59-19-13-11-17-57(59)46-24-28-48(29-25-46)65-43-54(33-36-72-65)68(4,5)6)40-52(39-50)60-20-14-15-21-61(60)62-31-30-49(41-63(62)70)66-44-55(34-37-73-66)69(7,8)9/h10-37,41-44,50-52H,38-40H2,1-9H3. The fourth-order valence-electron chi connectivity index (χ4n) is 11.1. The van der Waals surface area contributed by atoms with E-state index in [4.69, 9.17) is 15.0 Å². The minimum absolute atomic E-state index is 0.0352. The van der Waals surface area contributed by atoms with Gasteiger partial charge in [0.2, 0.25) is 0 Å². The van der Waals surface area contributed by atoms with Gasteiger partial charge in [0.25, 0.3) is 0 Å². The number of pyridine rings is 3. The number of nitrogens with zero attached hydrogens (tertiary/aromatic N) is 3. The fraction of sp³-hybridized carbons (Fsp3) is 0.261. The third-order valence-corrected chi connectivity index (χ3v) is 16.0. The van der Waals surface area contributed by atoms with E-state index < -0.39 is 0 Å². The van der Waals surface area contributed by atoms with E-state index in [-0.39, 0.29) is 16.2 Å². The molecule has 0 N–H and O–H groups in total. The van der Waals surface area contributed by atoms with Gasteiger partial charge in [-0.05, 0) is 162 Å². The molecule has 0 spiro atoms. The van der Waals surface area contributed by atoms with Crippen molar-refractivity contribution in [1.29, 1.82) is 0 Å². The first-order valence-electron chi connectivity index (χ1n) is 26.2. The van der Waals surface area contributed by atoms with E-state index >= 15 is 0 Å². The summed E-state index contributed by atoms with van der Waals surface area (Å²) in [6, 6.07) is 65.7. The summed E-state index contributed by atoms with van der Waals surface area (Å²) in [5, 5.41) is 0. The summed E-state index contributed by atoms with van der Waals surface area (Å²) < 4.78 is 1.08. The van der Waals surface area contributed by atoms with Crippen molar-refractivity contribution in [2.45, 2.75) is 116 Å². The number of benzene rings is 6. The van der Waals surface area contributed by atoms with E-state index in [1.54, 1.807) is 0 Å². The van der Waals surface area contributed by atoms with E-state index in [0.29, 0.717) is 17.8 Å². The number of aromatic nitrogens is 3. The van der Waals surface area contributed by atoms with Crippen LogP contribution in [-0.2, 0) is 16.2 Å². The van der Waals surface area contributed by atoms with Gasteiger partial charge >= 0.3 is 0 Å². The van der Waals surface area contributed by atoms with Crippen molar-refractivity contribution in [1.82, 2.24) is 15.0 Å². The molecule has 0 amide bonds. The van der Waals surface area contributed by atoms with Crippen LogP contribution in [0.25, 0.3) is 67.2 Å². The predicted molar refractivity (Wildman–Crippen MR) is 311 cm³/mol. The molecule has 0 radical (unpaired) electrons. The molecule has 4 heteroatoms. The van der Waals surface area contributed by atoms with Crippen molar-refractivity contribution < 1.29 is 0 Å². The van der Waals surface area contributed by atoms with E-state index in [0.717, 1.165) is 57.5 Å². The lowest BCUT2D eigenvalue weighted by Gasteiger charge is -2.38. The number of hydrogen-bond acceptors (Lipinski definition) is 3. The minimum Gasteiger partial charge on any atom is -0.256 e. The highest BCUT2D eigenvalue weighted by molar-refractivity contribution is 9.10. The zero-order chi connectivity index (χ0) is 51.1. The van der Waals surface area contributed by atoms with Crippen LogP contribution in [0.3, 0.4) is 0 Å². The number of rotatable bonds is 9. The first-order valence-corrected chi connectivity index (χ1v) is 27.0. The molecule has 0 aliphatic heterocycles. The van der Waals surface area contributed by atoms with Gasteiger partial charge in [-0.2, -0.15) is 0 Å². The molecule has 3 heterocycles. The van der Waals surface area contributed by atoms with Gasteiger partial charge in [-0.3, -0.25) is 15.0 Å². The van der Waals surface area contributed by atoms with Gasteiger partial charge in [-0.1, -0.05) is 212 Å². The van der Waals surface area contributed by atoms with Crippen LogP contribution in [0.4, 0.5) is 0 Å². The van der Waals surface area contributed by atoms with Crippen molar-refractivity contribution in [3.63, 3.8) is 0 Å². The van der Waals surface area contributed by atoms with Crippen LogP contribution in [0.1, 0.15) is 133 Å². The van der Waals surface area contributed by atoms with Gasteiger partial charge in [0.05, 0.1) is 17.1 Å². The molecule has 10 rings (SSSR count). The molecule has 1 aliphatic carbocycles. The van der Waals surface area contributed by atoms with Gasteiger partial charge in [-0.15, -0.1) is 0 Å². The first-order chi connectivity index (χ1) is 35.0. The van der Waals surface area contributed by atoms with Crippen molar-refractivity contribution in [3.05, 3.63) is 232 Å². The van der Waals surface area contributed by atoms with Gasteiger partial charge in [0.1, 0.15) is 0 Å². The lowest BCUT2D eigenvalue weighted by atomic mass is 9.66. The normalized spacial score (nSPS) is 16.3. The zero-order valence-electron chi connectivity index (χ0n) is 44.0. The van der Waals surface area contributed by atoms with Crippen molar-refractivity contribution in [3.8, 4) is 67.2 Å². The molecule has 9 aromatic rings. The maximum absolute atomic E-state index is 4.82. The molecule has 366 valence electrons. The summed E-state index contributed by atoms with van der Waals surface area (Å²) in [7, 11) is 0.